The second-order valence-electron chi connectivity index (χ2n) is 12.9. The Labute approximate surface area is 290 Å². The minimum absolute atomic E-state index is 0.696. The van der Waals surface area contributed by atoms with Crippen molar-refractivity contribution in [2.24, 2.45) is 0 Å². The van der Waals surface area contributed by atoms with Crippen molar-refractivity contribution < 1.29 is 4.42 Å². The first kappa shape index (κ1) is 27.6. The van der Waals surface area contributed by atoms with Crippen LogP contribution >= 0.6 is 11.3 Å². The van der Waals surface area contributed by atoms with Crippen LogP contribution in [0.25, 0.3) is 108 Å². The molecule has 0 atom stereocenters. The van der Waals surface area contributed by atoms with E-state index in [0.717, 1.165) is 59.9 Å². The minimum atomic E-state index is 0.696. The molecule has 8 aromatic carbocycles. The van der Waals surface area contributed by atoms with E-state index in [9.17, 15) is 0 Å². The molecule has 3 aromatic heterocycles. The minimum Gasteiger partial charge on any atom is -0.456 e. The molecule has 3 nitrogen and oxygen atoms in total. The van der Waals surface area contributed by atoms with E-state index in [4.69, 9.17) is 14.4 Å². The maximum absolute atomic E-state index is 6.63. The molecule has 0 N–H and O–H groups in total. The summed E-state index contributed by atoms with van der Waals surface area (Å²) in [5.41, 5.74) is 7.97. The van der Waals surface area contributed by atoms with Gasteiger partial charge in [-0.05, 0) is 79.8 Å². The summed E-state index contributed by atoms with van der Waals surface area (Å²) >= 11 is 1.76. The highest BCUT2D eigenvalue weighted by Gasteiger charge is 2.20. The standard InChI is InChI=1S/C46H26N2OS/c1-2-11-28-24-31(21-20-27(28)10-1)43-45-44(36-16-7-8-19-41(36)50-45)48-46(47-43)37-17-9-18-39-42(37)35-23-22-30(26-40(35)49-39)38-25-29-12-3-4-13-32(29)33-14-5-6-15-34(33)38/h1-26H. The summed E-state index contributed by atoms with van der Waals surface area (Å²) in [6.07, 6.45) is 0. The molecule has 0 aliphatic carbocycles. The highest BCUT2D eigenvalue weighted by Crippen LogP contribution is 2.43. The Morgan fingerprint density at radius 1 is 0.440 bits per heavy atom. The summed E-state index contributed by atoms with van der Waals surface area (Å²) < 4.78 is 8.93. The summed E-state index contributed by atoms with van der Waals surface area (Å²) in [5.74, 6) is 0.696. The van der Waals surface area contributed by atoms with Crippen LogP contribution in [0.4, 0.5) is 0 Å². The van der Waals surface area contributed by atoms with Crippen molar-refractivity contribution in [1.82, 2.24) is 9.97 Å². The fourth-order valence-corrected chi connectivity index (χ4v) is 8.87. The van der Waals surface area contributed by atoms with E-state index in [-0.39, 0.29) is 0 Å². The van der Waals surface area contributed by atoms with Gasteiger partial charge in [0.2, 0.25) is 0 Å². The lowest BCUT2D eigenvalue weighted by Gasteiger charge is -2.11. The predicted molar refractivity (Wildman–Crippen MR) is 211 cm³/mol. The number of hydrogen-bond acceptors (Lipinski definition) is 4. The third kappa shape index (κ3) is 4.09. The maximum Gasteiger partial charge on any atom is 0.161 e. The molecule has 0 saturated heterocycles. The van der Waals surface area contributed by atoms with Gasteiger partial charge in [-0.15, -0.1) is 11.3 Å². The summed E-state index contributed by atoms with van der Waals surface area (Å²) in [7, 11) is 0. The van der Waals surface area contributed by atoms with E-state index < -0.39 is 0 Å². The Morgan fingerprint density at radius 3 is 2.08 bits per heavy atom. The van der Waals surface area contributed by atoms with E-state index in [1.807, 2.05) is 12.1 Å². The van der Waals surface area contributed by atoms with Gasteiger partial charge in [0.05, 0.1) is 15.9 Å². The Bertz CT molecular complexity index is 3170. The fraction of sp³-hybridized carbons (Fsp3) is 0. The molecule has 0 spiro atoms. The molecule has 0 unspecified atom stereocenters. The number of fused-ring (bicyclic) bond motifs is 10. The van der Waals surface area contributed by atoms with E-state index in [2.05, 4.69) is 146 Å². The van der Waals surface area contributed by atoms with Crippen LogP contribution in [0, 0.1) is 0 Å². The van der Waals surface area contributed by atoms with Crippen molar-refractivity contribution in [1.29, 1.82) is 0 Å². The van der Waals surface area contributed by atoms with Crippen LogP contribution in [0.5, 0.6) is 0 Å². The van der Waals surface area contributed by atoms with Crippen molar-refractivity contribution in [2.45, 2.75) is 0 Å². The summed E-state index contributed by atoms with van der Waals surface area (Å²) in [6, 6.07) is 56.0. The van der Waals surface area contributed by atoms with Gasteiger partial charge in [0.15, 0.2) is 5.82 Å². The molecule has 0 bridgehead atoms. The third-order valence-corrected chi connectivity index (χ3v) is 11.2. The van der Waals surface area contributed by atoms with Crippen LogP contribution in [0.15, 0.2) is 162 Å². The summed E-state index contributed by atoms with van der Waals surface area (Å²) in [5, 5.41) is 10.6. The number of thiophene rings is 1. The smallest absolute Gasteiger partial charge is 0.161 e. The monoisotopic (exact) mass is 654 g/mol. The Balaban J connectivity index is 1.14. The van der Waals surface area contributed by atoms with Gasteiger partial charge in [-0.1, -0.05) is 121 Å². The van der Waals surface area contributed by atoms with Crippen LogP contribution in [-0.2, 0) is 0 Å². The summed E-state index contributed by atoms with van der Waals surface area (Å²) in [6.45, 7) is 0. The van der Waals surface area contributed by atoms with E-state index >= 15 is 0 Å². The first-order valence-corrected chi connectivity index (χ1v) is 17.6. The Kier molecular flexibility index (Phi) is 5.83. The SMILES string of the molecule is c1ccc2cc(-c3nc(-c4cccc5oc6cc(-c7cc8ccccc8c8ccccc78)ccc6c45)nc4c3sc3ccccc34)ccc2c1. The molecule has 0 aliphatic rings. The lowest BCUT2D eigenvalue weighted by Crippen LogP contribution is -1.94. The molecule has 0 saturated carbocycles. The second kappa shape index (κ2) is 10.6. The zero-order valence-corrected chi connectivity index (χ0v) is 27.5. The van der Waals surface area contributed by atoms with Gasteiger partial charge in [-0.25, -0.2) is 9.97 Å². The molecular formula is C46H26N2OS. The quantitative estimate of drug-likeness (QED) is 0.178. The van der Waals surface area contributed by atoms with Crippen molar-refractivity contribution >= 4 is 85.9 Å². The Morgan fingerprint density at radius 2 is 1.18 bits per heavy atom. The number of furan rings is 1. The predicted octanol–water partition coefficient (Wildman–Crippen LogP) is 13.2. The van der Waals surface area contributed by atoms with Crippen molar-refractivity contribution in [2.75, 3.05) is 0 Å². The lowest BCUT2D eigenvalue weighted by atomic mass is 9.93. The fourth-order valence-electron chi connectivity index (χ4n) is 7.72. The molecule has 0 radical (unpaired) electrons. The largest absolute Gasteiger partial charge is 0.456 e. The van der Waals surface area contributed by atoms with Crippen LogP contribution in [0.3, 0.4) is 0 Å². The molecule has 232 valence electrons. The second-order valence-corrected chi connectivity index (χ2v) is 14.0. The number of hydrogen-bond donors (Lipinski definition) is 0. The maximum atomic E-state index is 6.63. The van der Waals surface area contributed by atoms with Crippen molar-refractivity contribution in [3.8, 4) is 33.8 Å². The number of benzene rings is 8. The molecule has 11 rings (SSSR count). The molecule has 0 fully saturated rings. The van der Waals surface area contributed by atoms with E-state index in [1.54, 1.807) is 11.3 Å². The third-order valence-electron chi connectivity index (χ3n) is 10.1. The van der Waals surface area contributed by atoms with E-state index in [0.29, 0.717) is 5.82 Å². The Hall–Kier alpha value is -6.36. The summed E-state index contributed by atoms with van der Waals surface area (Å²) in [4.78, 5) is 10.7. The van der Waals surface area contributed by atoms with Crippen LogP contribution in [-0.4, -0.2) is 9.97 Å². The van der Waals surface area contributed by atoms with Gasteiger partial charge < -0.3 is 4.42 Å². The van der Waals surface area contributed by atoms with Gasteiger partial charge in [0.25, 0.3) is 0 Å². The van der Waals surface area contributed by atoms with Crippen LogP contribution < -0.4 is 0 Å². The highest BCUT2D eigenvalue weighted by atomic mass is 32.1. The lowest BCUT2D eigenvalue weighted by molar-refractivity contribution is 0.669. The van der Waals surface area contributed by atoms with Gasteiger partial charge in [0, 0.05) is 32.0 Å². The van der Waals surface area contributed by atoms with Gasteiger partial charge in [-0.2, -0.15) is 0 Å². The zero-order valence-electron chi connectivity index (χ0n) is 26.7. The first-order chi connectivity index (χ1) is 24.8. The molecule has 50 heavy (non-hydrogen) atoms. The normalized spacial score (nSPS) is 12.0. The first-order valence-electron chi connectivity index (χ1n) is 16.8. The molecule has 0 aliphatic heterocycles. The average Bonchev–Trinajstić information content (AvgIpc) is 3.75. The molecular weight excluding hydrogens is 629 g/mol. The number of aromatic nitrogens is 2. The number of nitrogens with zero attached hydrogens (tertiary/aromatic N) is 2. The van der Waals surface area contributed by atoms with E-state index in [1.165, 1.54) is 42.6 Å². The van der Waals surface area contributed by atoms with Crippen molar-refractivity contribution in [3.63, 3.8) is 0 Å². The molecule has 11 aromatic rings. The van der Waals surface area contributed by atoms with Gasteiger partial charge in [0.1, 0.15) is 11.2 Å². The molecule has 3 heterocycles. The molecule has 0 amide bonds. The zero-order chi connectivity index (χ0) is 32.8. The highest BCUT2D eigenvalue weighted by molar-refractivity contribution is 7.26. The van der Waals surface area contributed by atoms with Crippen LogP contribution in [0.1, 0.15) is 0 Å². The van der Waals surface area contributed by atoms with Crippen LogP contribution in [0.2, 0.25) is 0 Å². The topological polar surface area (TPSA) is 38.9 Å². The van der Waals surface area contributed by atoms with Gasteiger partial charge >= 0.3 is 0 Å². The van der Waals surface area contributed by atoms with Gasteiger partial charge in [-0.3, -0.25) is 0 Å². The number of rotatable bonds is 3. The average molecular weight is 655 g/mol. The van der Waals surface area contributed by atoms with Crippen molar-refractivity contribution in [3.05, 3.63) is 158 Å². The molecule has 4 heteroatoms.